The molecule has 154 valence electrons. The van der Waals surface area contributed by atoms with E-state index in [0.717, 1.165) is 19.0 Å². The molecular weight excluding hydrogens is 441 g/mol. The summed E-state index contributed by atoms with van der Waals surface area (Å²) in [5.74, 6) is 0.680. The van der Waals surface area contributed by atoms with E-state index in [1.54, 1.807) is 0 Å². The Bertz CT molecular complexity index is 423. The zero-order chi connectivity index (χ0) is 18.7. The maximum absolute atomic E-state index is 12.0. The zero-order valence-corrected chi connectivity index (χ0v) is 19.7. The second-order valence-electron chi connectivity index (χ2n) is 7.91. The van der Waals surface area contributed by atoms with Crippen LogP contribution >= 0.6 is 24.0 Å². The van der Waals surface area contributed by atoms with E-state index in [4.69, 9.17) is 0 Å². The number of unbranched alkanes of at least 4 members (excludes halogenated alkanes) is 1. The minimum atomic E-state index is -0.222. The largest absolute Gasteiger partial charge is 0.357 e. The van der Waals surface area contributed by atoms with Gasteiger partial charge in [0.15, 0.2) is 5.96 Å². The van der Waals surface area contributed by atoms with Crippen molar-refractivity contribution in [1.82, 2.24) is 20.9 Å². The number of carbonyl (C=O) groups excluding carboxylic acids is 1. The van der Waals surface area contributed by atoms with Gasteiger partial charge < -0.3 is 16.0 Å². The molecule has 1 aliphatic rings. The quantitative estimate of drug-likeness (QED) is 0.283. The Balaban J connectivity index is 0.00000625. The zero-order valence-electron chi connectivity index (χ0n) is 17.4. The second-order valence-corrected chi connectivity index (χ2v) is 7.91. The summed E-state index contributed by atoms with van der Waals surface area (Å²) in [6, 6.07) is 0.563. The first-order valence-electron chi connectivity index (χ1n) is 9.93. The summed E-state index contributed by atoms with van der Waals surface area (Å²) in [4.78, 5) is 19.0. The van der Waals surface area contributed by atoms with Gasteiger partial charge in [-0.2, -0.15) is 0 Å². The number of nitrogens with one attached hydrogen (secondary N) is 3. The lowest BCUT2D eigenvalue weighted by Gasteiger charge is -2.36. The topological polar surface area (TPSA) is 68.8 Å². The molecule has 26 heavy (non-hydrogen) atoms. The third-order valence-corrected chi connectivity index (χ3v) is 4.29. The highest BCUT2D eigenvalue weighted by Crippen LogP contribution is 2.16. The predicted molar refractivity (Wildman–Crippen MR) is 121 cm³/mol. The molecule has 0 aromatic rings. The first-order chi connectivity index (χ1) is 11.9. The molecule has 1 aliphatic heterocycles. The lowest BCUT2D eigenvalue weighted by molar-refractivity contribution is -0.121. The molecule has 1 heterocycles. The predicted octanol–water partition coefficient (Wildman–Crippen LogP) is 2.73. The summed E-state index contributed by atoms with van der Waals surface area (Å²) in [5, 5.41) is 9.61. The van der Waals surface area contributed by atoms with Gasteiger partial charge in [0.25, 0.3) is 0 Å². The minimum absolute atomic E-state index is 0. The van der Waals surface area contributed by atoms with E-state index in [1.165, 1.54) is 45.2 Å². The summed E-state index contributed by atoms with van der Waals surface area (Å²) in [6.45, 7) is 14.4. The minimum Gasteiger partial charge on any atom is -0.357 e. The summed E-state index contributed by atoms with van der Waals surface area (Å²) in [5.41, 5.74) is -0.222. The number of aliphatic imine (C=N–C) groups is 1. The number of halogens is 1. The fraction of sp³-hybridized carbons (Fsp3) is 0.895. The van der Waals surface area contributed by atoms with Crippen LogP contribution in [0.3, 0.4) is 0 Å². The van der Waals surface area contributed by atoms with Crippen molar-refractivity contribution in [3.05, 3.63) is 0 Å². The van der Waals surface area contributed by atoms with Gasteiger partial charge in [0.05, 0.1) is 0 Å². The number of piperidine rings is 1. The lowest BCUT2D eigenvalue weighted by atomic mass is 10.0. The number of likely N-dealkylation sites (tertiary alicyclic amines) is 1. The number of hydrogen-bond donors (Lipinski definition) is 3. The van der Waals surface area contributed by atoms with Crippen molar-refractivity contribution in [2.24, 2.45) is 4.99 Å². The SMILES string of the molecule is CCCCN1CCCCC1CNC(=NCC(=O)NC(C)(C)C)NCC.I. The van der Waals surface area contributed by atoms with Gasteiger partial charge in [0.1, 0.15) is 6.54 Å². The third kappa shape index (κ3) is 11.2. The molecule has 1 fully saturated rings. The molecule has 1 amide bonds. The summed E-state index contributed by atoms with van der Waals surface area (Å²) in [7, 11) is 0. The lowest BCUT2D eigenvalue weighted by Crippen LogP contribution is -2.49. The van der Waals surface area contributed by atoms with Gasteiger partial charge >= 0.3 is 0 Å². The Kier molecular flexibility index (Phi) is 13.3. The van der Waals surface area contributed by atoms with Gasteiger partial charge in [-0.05, 0) is 60.0 Å². The monoisotopic (exact) mass is 481 g/mol. The Morgan fingerprint density at radius 1 is 1.19 bits per heavy atom. The number of carbonyl (C=O) groups is 1. The molecule has 1 rings (SSSR count). The number of hydrogen-bond acceptors (Lipinski definition) is 3. The Hall–Kier alpha value is -0.570. The maximum atomic E-state index is 12.0. The molecule has 1 saturated heterocycles. The molecule has 0 saturated carbocycles. The molecule has 0 aliphatic carbocycles. The molecule has 0 aromatic heterocycles. The second kappa shape index (κ2) is 13.6. The standard InChI is InChI=1S/C19H39N5O.HI/c1-6-8-12-24-13-10-9-11-16(24)14-21-18(20-7-2)22-15-17(25)23-19(3,4)5;/h16H,6-15H2,1-5H3,(H,23,25)(H2,20,21,22);1H. The molecule has 0 bridgehead atoms. The van der Waals surface area contributed by atoms with Crippen LogP contribution in [-0.2, 0) is 4.79 Å². The van der Waals surface area contributed by atoms with Crippen LogP contribution in [0, 0.1) is 0 Å². The van der Waals surface area contributed by atoms with Crippen molar-refractivity contribution in [3.63, 3.8) is 0 Å². The van der Waals surface area contributed by atoms with E-state index in [0.29, 0.717) is 6.04 Å². The van der Waals surface area contributed by atoms with Crippen LogP contribution in [0.2, 0.25) is 0 Å². The van der Waals surface area contributed by atoms with Crippen LogP contribution in [0.5, 0.6) is 0 Å². The first kappa shape index (κ1) is 25.4. The average Bonchev–Trinajstić information content (AvgIpc) is 2.54. The fourth-order valence-electron chi connectivity index (χ4n) is 3.11. The Labute approximate surface area is 177 Å². The highest BCUT2D eigenvalue weighted by atomic mass is 127. The van der Waals surface area contributed by atoms with Crippen molar-refractivity contribution in [2.45, 2.75) is 78.3 Å². The van der Waals surface area contributed by atoms with Crippen LogP contribution in [0.1, 0.15) is 66.7 Å². The Morgan fingerprint density at radius 2 is 1.92 bits per heavy atom. The summed E-state index contributed by atoms with van der Waals surface area (Å²) >= 11 is 0. The number of amides is 1. The van der Waals surface area contributed by atoms with Gasteiger partial charge in [-0.1, -0.05) is 19.8 Å². The van der Waals surface area contributed by atoms with Gasteiger partial charge in [-0.3, -0.25) is 9.69 Å². The van der Waals surface area contributed by atoms with E-state index in [2.05, 4.69) is 32.8 Å². The van der Waals surface area contributed by atoms with Gasteiger partial charge in [-0.25, -0.2) is 4.99 Å². The maximum Gasteiger partial charge on any atom is 0.242 e. The number of nitrogens with zero attached hydrogens (tertiary/aromatic N) is 2. The van der Waals surface area contributed by atoms with E-state index in [-0.39, 0.29) is 42.0 Å². The molecule has 0 aromatic carbocycles. The van der Waals surface area contributed by atoms with E-state index in [1.807, 2.05) is 27.7 Å². The number of rotatable bonds is 8. The van der Waals surface area contributed by atoms with Crippen LogP contribution in [0.15, 0.2) is 4.99 Å². The van der Waals surface area contributed by atoms with E-state index in [9.17, 15) is 4.79 Å². The summed E-state index contributed by atoms with van der Waals surface area (Å²) in [6.07, 6.45) is 6.35. The van der Waals surface area contributed by atoms with Crippen molar-refractivity contribution < 1.29 is 4.79 Å². The first-order valence-corrected chi connectivity index (χ1v) is 9.93. The van der Waals surface area contributed by atoms with E-state index < -0.39 is 0 Å². The van der Waals surface area contributed by atoms with Gasteiger partial charge in [-0.15, -0.1) is 24.0 Å². The van der Waals surface area contributed by atoms with Crippen molar-refractivity contribution in [3.8, 4) is 0 Å². The van der Waals surface area contributed by atoms with Gasteiger partial charge in [0.2, 0.25) is 5.91 Å². The van der Waals surface area contributed by atoms with Crippen LogP contribution in [0.25, 0.3) is 0 Å². The smallest absolute Gasteiger partial charge is 0.242 e. The average molecular weight is 481 g/mol. The van der Waals surface area contributed by atoms with Crippen LogP contribution < -0.4 is 16.0 Å². The molecule has 6 nitrogen and oxygen atoms in total. The highest BCUT2D eigenvalue weighted by Gasteiger charge is 2.22. The molecule has 0 spiro atoms. The molecule has 1 unspecified atom stereocenters. The fourth-order valence-corrected chi connectivity index (χ4v) is 3.11. The van der Waals surface area contributed by atoms with Crippen molar-refractivity contribution in [2.75, 3.05) is 32.7 Å². The highest BCUT2D eigenvalue weighted by molar-refractivity contribution is 14.0. The van der Waals surface area contributed by atoms with Crippen molar-refractivity contribution >= 4 is 35.8 Å². The normalized spacial score (nSPS) is 18.8. The van der Waals surface area contributed by atoms with E-state index >= 15 is 0 Å². The summed E-state index contributed by atoms with van der Waals surface area (Å²) < 4.78 is 0. The molecule has 1 atom stereocenters. The molecule has 7 heteroatoms. The third-order valence-electron chi connectivity index (χ3n) is 4.29. The van der Waals surface area contributed by atoms with Crippen molar-refractivity contribution in [1.29, 1.82) is 0 Å². The number of guanidine groups is 1. The van der Waals surface area contributed by atoms with Gasteiger partial charge in [0, 0.05) is 24.7 Å². The molecule has 0 radical (unpaired) electrons. The molecule has 3 N–H and O–H groups in total. The van der Waals surface area contributed by atoms with Crippen LogP contribution in [0.4, 0.5) is 0 Å². The molecular formula is C19H40IN5O. The van der Waals surface area contributed by atoms with Crippen LogP contribution in [-0.4, -0.2) is 61.1 Å². The Morgan fingerprint density at radius 3 is 2.54 bits per heavy atom.